The van der Waals surface area contributed by atoms with E-state index in [1.165, 1.54) is 74.7 Å². The van der Waals surface area contributed by atoms with Crippen LogP contribution in [0.1, 0.15) is 0 Å². The van der Waals surface area contributed by atoms with E-state index in [2.05, 4.69) is 193 Å². The fraction of sp³-hybridized carbons (Fsp3) is 0. The normalized spacial score (nSPS) is 11.6. The van der Waals surface area contributed by atoms with Gasteiger partial charge in [0.2, 0.25) is 0 Å². The second-order valence-corrected chi connectivity index (χ2v) is 14.0. The van der Waals surface area contributed by atoms with Crippen LogP contribution in [0.5, 0.6) is 0 Å². The third kappa shape index (κ3) is 4.69. The third-order valence-electron chi connectivity index (χ3n) is 10.0. The average Bonchev–Trinajstić information content (AvgIpc) is 3.57. The number of benzene rings is 9. The van der Waals surface area contributed by atoms with Crippen LogP contribution in [0.25, 0.3) is 74.7 Å². The Labute approximate surface area is 294 Å². The summed E-state index contributed by atoms with van der Waals surface area (Å²) in [7, 11) is 0. The highest BCUT2D eigenvalue weighted by Gasteiger charge is 2.20. The molecule has 0 amide bonds. The van der Waals surface area contributed by atoms with Gasteiger partial charge in [-0.05, 0) is 74.0 Å². The number of fused-ring (bicyclic) bond motifs is 8. The van der Waals surface area contributed by atoms with Gasteiger partial charge in [-0.2, -0.15) is 0 Å². The molecule has 0 aliphatic carbocycles. The molecule has 0 bridgehead atoms. The van der Waals surface area contributed by atoms with Gasteiger partial charge in [0, 0.05) is 36.8 Å². The highest BCUT2D eigenvalue weighted by molar-refractivity contribution is 7.26. The van der Waals surface area contributed by atoms with E-state index >= 15 is 0 Å². The number of anilines is 3. The Hall–Kier alpha value is -6.22. The van der Waals surface area contributed by atoms with Gasteiger partial charge in [0.15, 0.2) is 0 Å². The van der Waals surface area contributed by atoms with Crippen LogP contribution in [0, 0.1) is 0 Å². The molecule has 0 saturated carbocycles. The first-order chi connectivity index (χ1) is 24.8. The standard InChI is InChI=1S/C48H31NS/c1-2-12-33(13-3-1)39-17-10-11-21-45(39)49(46-30-36-15-5-6-16-38(36)41-19-8-9-20-42(41)46)37-26-22-32(23-27-37)35-25-28-43-44-29-24-34-14-4-7-18-40(34)48(44)50-47(43)31-35/h1-31H. The van der Waals surface area contributed by atoms with Crippen LogP contribution < -0.4 is 4.90 Å². The molecule has 0 N–H and O–H groups in total. The van der Waals surface area contributed by atoms with E-state index in [0.717, 1.165) is 17.1 Å². The van der Waals surface area contributed by atoms with Gasteiger partial charge in [-0.15, -0.1) is 11.3 Å². The highest BCUT2D eigenvalue weighted by atomic mass is 32.1. The lowest BCUT2D eigenvalue weighted by Crippen LogP contribution is -2.12. The summed E-state index contributed by atoms with van der Waals surface area (Å²) in [6.07, 6.45) is 0. The van der Waals surface area contributed by atoms with Crippen LogP contribution in [0.3, 0.4) is 0 Å². The molecule has 0 radical (unpaired) electrons. The van der Waals surface area contributed by atoms with E-state index in [1.54, 1.807) is 0 Å². The Morgan fingerprint density at radius 2 is 0.980 bits per heavy atom. The Bertz CT molecular complexity index is 2870. The van der Waals surface area contributed by atoms with E-state index in [4.69, 9.17) is 0 Å². The molecule has 0 aliphatic rings. The van der Waals surface area contributed by atoms with Crippen molar-refractivity contribution in [3.63, 3.8) is 0 Å². The van der Waals surface area contributed by atoms with E-state index in [-0.39, 0.29) is 0 Å². The van der Waals surface area contributed by atoms with Crippen molar-refractivity contribution in [3.05, 3.63) is 188 Å². The molecule has 1 nitrogen and oxygen atoms in total. The maximum absolute atomic E-state index is 2.45. The van der Waals surface area contributed by atoms with Gasteiger partial charge in [0.25, 0.3) is 0 Å². The summed E-state index contributed by atoms with van der Waals surface area (Å²) >= 11 is 1.90. The molecule has 10 rings (SSSR count). The SMILES string of the molecule is c1ccc(-c2ccccc2N(c2ccc(-c3ccc4c(c3)sc3c5ccccc5ccc43)cc2)c2cc3ccccc3c3ccccc23)cc1. The van der Waals surface area contributed by atoms with Gasteiger partial charge in [0.05, 0.1) is 11.4 Å². The fourth-order valence-corrected chi connectivity index (χ4v) is 8.92. The Morgan fingerprint density at radius 1 is 0.340 bits per heavy atom. The van der Waals surface area contributed by atoms with E-state index in [0.29, 0.717) is 0 Å². The number of hydrogen-bond acceptors (Lipinski definition) is 2. The molecule has 0 spiro atoms. The van der Waals surface area contributed by atoms with Crippen molar-refractivity contribution in [1.82, 2.24) is 0 Å². The molecular weight excluding hydrogens is 623 g/mol. The van der Waals surface area contributed by atoms with Crippen molar-refractivity contribution in [2.45, 2.75) is 0 Å². The molecular formula is C48H31NS. The topological polar surface area (TPSA) is 3.24 Å². The maximum Gasteiger partial charge on any atom is 0.0546 e. The Balaban J connectivity index is 1.14. The van der Waals surface area contributed by atoms with E-state index < -0.39 is 0 Å². The minimum absolute atomic E-state index is 1.12. The third-order valence-corrected chi connectivity index (χ3v) is 11.2. The zero-order valence-electron chi connectivity index (χ0n) is 27.3. The van der Waals surface area contributed by atoms with Crippen LogP contribution >= 0.6 is 11.3 Å². The Morgan fingerprint density at radius 3 is 1.82 bits per heavy atom. The van der Waals surface area contributed by atoms with Gasteiger partial charge < -0.3 is 4.90 Å². The highest BCUT2D eigenvalue weighted by Crippen LogP contribution is 2.46. The molecule has 234 valence electrons. The van der Waals surface area contributed by atoms with Crippen molar-refractivity contribution in [2.24, 2.45) is 0 Å². The second-order valence-electron chi connectivity index (χ2n) is 12.9. The molecule has 50 heavy (non-hydrogen) atoms. The molecule has 0 aliphatic heterocycles. The van der Waals surface area contributed by atoms with Gasteiger partial charge in [-0.3, -0.25) is 0 Å². The smallest absolute Gasteiger partial charge is 0.0546 e. The van der Waals surface area contributed by atoms with Crippen LogP contribution in [0.15, 0.2) is 188 Å². The predicted molar refractivity (Wildman–Crippen MR) is 217 cm³/mol. The maximum atomic E-state index is 2.45. The number of nitrogens with zero attached hydrogens (tertiary/aromatic N) is 1. The van der Waals surface area contributed by atoms with Crippen molar-refractivity contribution in [1.29, 1.82) is 0 Å². The average molecular weight is 654 g/mol. The zero-order chi connectivity index (χ0) is 33.0. The molecule has 0 atom stereocenters. The quantitative estimate of drug-likeness (QED) is 0.167. The lowest BCUT2D eigenvalue weighted by atomic mass is 9.97. The first kappa shape index (κ1) is 28.8. The minimum Gasteiger partial charge on any atom is -0.309 e. The molecule has 1 aromatic heterocycles. The van der Waals surface area contributed by atoms with Crippen molar-refractivity contribution in [2.75, 3.05) is 4.90 Å². The summed E-state index contributed by atoms with van der Waals surface area (Å²) in [5.41, 5.74) is 8.24. The van der Waals surface area contributed by atoms with E-state index in [9.17, 15) is 0 Å². The van der Waals surface area contributed by atoms with Crippen molar-refractivity contribution in [3.8, 4) is 22.3 Å². The largest absolute Gasteiger partial charge is 0.309 e. The van der Waals surface area contributed by atoms with Crippen LogP contribution in [-0.4, -0.2) is 0 Å². The fourth-order valence-electron chi connectivity index (χ4n) is 7.64. The first-order valence-electron chi connectivity index (χ1n) is 17.1. The first-order valence-corrected chi connectivity index (χ1v) is 17.9. The summed E-state index contributed by atoms with van der Waals surface area (Å²) in [4.78, 5) is 2.45. The predicted octanol–water partition coefficient (Wildman–Crippen LogP) is 14.3. The number of rotatable bonds is 5. The summed E-state index contributed by atoms with van der Waals surface area (Å²) in [5.74, 6) is 0. The molecule has 10 aromatic rings. The van der Waals surface area contributed by atoms with E-state index in [1.807, 2.05) is 11.3 Å². The summed E-state index contributed by atoms with van der Waals surface area (Å²) < 4.78 is 2.68. The monoisotopic (exact) mass is 653 g/mol. The van der Waals surface area contributed by atoms with Crippen molar-refractivity contribution >= 4 is 80.9 Å². The molecule has 0 fully saturated rings. The summed E-state index contributed by atoms with van der Waals surface area (Å²) in [5, 5.41) is 10.2. The second kappa shape index (κ2) is 11.7. The lowest BCUT2D eigenvalue weighted by molar-refractivity contribution is 1.30. The van der Waals surface area contributed by atoms with Gasteiger partial charge >= 0.3 is 0 Å². The van der Waals surface area contributed by atoms with Crippen molar-refractivity contribution < 1.29 is 0 Å². The van der Waals surface area contributed by atoms with Gasteiger partial charge in [0.1, 0.15) is 0 Å². The number of para-hydroxylation sites is 1. The summed E-state index contributed by atoms with van der Waals surface area (Å²) in [6, 6.07) is 68.7. The number of hydrogen-bond donors (Lipinski definition) is 0. The molecule has 2 heteroatoms. The van der Waals surface area contributed by atoms with Crippen LogP contribution in [0.2, 0.25) is 0 Å². The molecule has 0 saturated heterocycles. The molecule has 9 aromatic carbocycles. The zero-order valence-corrected chi connectivity index (χ0v) is 28.1. The molecule has 0 unspecified atom stereocenters. The van der Waals surface area contributed by atoms with Crippen LogP contribution in [-0.2, 0) is 0 Å². The number of thiophene rings is 1. The minimum atomic E-state index is 1.12. The Kier molecular flexibility index (Phi) is 6.75. The summed E-state index contributed by atoms with van der Waals surface area (Å²) in [6.45, 7) is 0. The lowest BCUT2D eigenvalue weighted by Gasteiger charge is -2.29. The molecule has 1 heterocycles. The van der Waals surface area contributed by atoms with Crippen LogP contribution in [0.4, 0.5) is 17.1 Å². The van der Waals surface area contributed by atoms with Gasteiger partial charge in [-0.1, -0.05) is 158 Å². The van der Waals surface area contributed by atoms with Gasteiger partial charge in [-0.25, -0.2) is 0 Å².